The minimum atomic E-state index is -0.460. The Morgan fingerprint density at radius 1 is 1.21 bits per heavy atom. The summed E-state index contributed by atoms with van der Waals surface area (Å²) in [6.45, 7) is 4.38. The lowest BCUT2D eigenvalue weighted by atomic mass is 10.2. The van der Waals surface area contributed by atoms with E-state index in [0.29, 0.717) is 13.1 Å². The second-order valence-electron chi connectivity index (χ2n) is 5.98. The number of β-amino-alcohol motifs (C(OH)–C–C–N with tert-alkyl or cyclic N) is 1. The molecule has 0 spiro atoms. The molecular weight excluding hydrogens is 324 g/mol. The van der Waals surface area contributed by atoms with E-state index in [1.807, 2.05) is 35.2 Å². The van der Waals surface area contributed by atoms with Gasteiger partial charge in [0.15, 0.2) is 5.82 Å². The van der Waals surface area contributed by atoms with Crippen LogP contribution in [0.25, 0.3) is 22.6 Å². The lowest BCUT2D eigenvalue weighted by Crippen LogP contribution is -2.42. The number of thiazole rings is 1. The van der Waals surface area contributed by atoms with Gasteiger partial charge in [-0.15, -0.1) is 11.3 Å². The van der Waals surface area contributed by atoms with E-state index in [0.717, 1.165) is 48.9 Å². The van der Waals surface area contributed by atoms with Crippen LogP contribution in [0.5, 0.6) is 0 Å². The quantitative estimate of drug-likeness (QED) is 0.765. The highest BCUT2D eigenvalue weighted by Gasteiger charge is 2.19. The van der Waals surface area contributed by atoms with Crippen LogP contribution in [-0.4, -0.2) is 63.5 Å². The van der Waals surface area contributed by atoms with Crippen molar-refractivity contribution in [3.8, 4) is 11.5 Å². The molecule has 1 saturated heterocycles. The summed E-state index contributed by atoms with van der Waals surface area (Å²) < 4.78 is 7.45. The summed E-state index contributed by atoms with van der Waals surface area (Å²) in [5.74, 6) is 0.818. The number of hydrogen-bond donors (Lipinski definition) is 1. The number of morpholine rings is 1. The molecule has 2 aromatic heterocycles. The van der Waals surface area contributed by atoms with Crippen molar-refractivity contribution in [2.45, 2.75) is 12.6 Å². The minimum absolute atomic E-state index is 0.460. The van der Waals surface area contributed by atoms with Crippen LogP contribution >= 0.6 is 11.3 Å². The highest BCUT2D eigenvalue weighted by atomic mass is 32.1. The van der Waals surface area contributed by atoms with Crippen LogP contribution in [0.15, 0.2) is 35.2 Å². The molecule has 1 fully saturated rings. The largest absolute Gasteiger partial charge is 0.390 e. The third-order valence-corrected chi connectivity index (χ3v) is 4.87. The minimum Gasteiger partial charge on any atom is -0.390 e. The van der Waals surface area contributed by atoms with E-state index < -0.39 is 6.10 Å². The van der Waals surface area contributed by atoms with Crippen LogP contribution in [0.2, 0.25) is 0 Å². The van der Waals surface area contributed by atoms with Crippen molar-refractivity contribution in [3.05, 3.63) is 35.2 Å². The standard InChI is InChI=1S/C17H20N4O2S/c22-13(9-20-5-7-23-8-6-20)10-21-16-4-2-1-3-14(16)19-17(21)15-11-24-12-18-15/h1-4,11-13,22H,5-10H2/t13-/m1/s1. The fourth-order valence-electron chi connectivity index (χ4n) is 3.13. The zero-order valence-electron chi connectivity index (χ0n) is 13.3. The molecule has 4 rings (SSSR count). The predicted octanol–water partition coefficient (Wildman–Crippen LogP) is 1.85. The van der Waals surface area contributed by atoms with E-state index >= 15 is 0 Å². The van der Waals surface area contributed by atoms with Crippen LogP contribution in [0, 0.1) is 0 Å². The van der Waals surface area contributed by atoms with Crippen molar-refractivity contribution in [2.24, 2.45) is 0 Å². The zero-order valence-corrected chi connectivity index (χ0v) is 14.2. The summed E-state index contributed by atoms with van der Waals surface area (Å²) in [5.41, 5.74) is 4.62. The van der Waals surface area contributed by atoms with Gasteiger partial charge in [0.25, 0.3) is 0 Å². The first-order valence-corrected chi connectivity index (χ1v) is 9.07. The molecule has 7 heteroatoms. The van der Waals surface area contributed by atoms with Crippen LogP contribution in [-0.2, 0) is 11.3 Å². The van der Waals surface area contributed by atoms with Crippen LogP contribution in [0.4, 0.5) is 0 Å². The number of imidazole rings is 1. The second-order valence-corrected chi connectivity index (χ2v) is 6.69. The van der Waals surface area contributed by atoms with Crippen molar-refractivity contribution in [3.63, 3.8) is 0 Å². The van der Waals surface area contributed by atoms with E-state index in [1.165, 1.54) is 0 Å². The molecule has 1 N–H and O–H groups in total. The van der Waals surface area contributed by atoms with E-state index in [9.17, 15) is 5.11 Å². The third-order valence-electron chi connectivity index (χ3n) is 4.28. The van der Waals surface area contributed by atoms with Gasteiger partial charge in [-0.25, -0.2) is 9.97 Å². The lowest BCUT2D eigenvalue weighted by molar-refractivity contribution is 0.0118. The summed E-state index contributed by atoms with van der Waals surface area (Å²) in [5, 5.41) is 12.6. The fourth-order valence-corrected chi connectivity index (χ4v) is 3.66. The molecule has 1 aromatic carbocycles. The Morgan fingerprint density at radius 2 is 2.04 bits per heavy atom. The lowest BCUT2D eigenvalue weighted by Gasteiger charge is -2.28. The number of hydrogen-bond acceptors (Lipinski definition) is 6. The average Bonchev–Trinajstić information content (AvgIpc) is 3.24. The van der Waals surface area contributed by atoms with Crippen LogP contribution in [0.1, 0.15) is 0 Å². The number of benzene rings is 1. The number of aromatic nitrogens is 3. The van der Waals surface area contributed by atoms with Crippen molar-refractivity contribution < 1.29 is 9.84 Å². The van der Waals surface area contributed by atoms with Gasteiger partial charge >= 0.3 is 0 Å². The molecule has 24 heavy (non-hydrogen) atoms. The third kappa shape index (κ3) is 3.21. The molecule has 6 nitrogen and oxygen atoms in total. The van der Waals surface area contributed by atoms with Crippen molar-refractivity contribution in [1.82, 2.24) is 19.4 Å². The molecular formula is C17H20N4O2S. The number of rotatable bonds is 5. The van der Waals surface area contributed by atoms with Gasteiger partial charge in [-0.3, -0.25) is 4.90 Å². The van der Waals surface area contributed by atoms with Gasteiger partial charge in [-0.2, -0.15) is 0 Å². The maximum Gasteiger partial charge on any atom is 0.160 e. The summed E-state index contributed by atoms with van der Waals surface area (Å²) >= 11 is 1.55. The van der Waals surface area contributed by atoms with Gasteiger partial charge in [0.1, 0.15) is 5.69 Å². The Hall–Kier alpha value is -1.80. The van der Waals surface area contributed by atoms with Gasteiger partial charge < -0.3 is 14.4 Å². The molecule has 1 aliphatic heterocycles. The maximum atomic E-state index is 10.6. The first-order chi connectivity index (χ1) is 11.8. The number of nitrogens with zero attached hydrogens (tertiary/aromatic N) is 4. The Labute approximate surface area is 144 Å². The molecule has 0 bridgehead atoms. The average molecular weight is 344 g/mol. The Kier molecular flexibility index (Phi) is 4.57. The topological polar surface area (TPSA) is 63.4 Å². The number of ether oxygens (including phenoxy) is 1. The number of fused-ring (bicyclic) bond motifs is 1. The molecule has 0 aliphatic carbocycles. The van der Waals surface area contributed by atoms with Crippen LogP contribution in [0.3, 0.4) is 0 Å². The van der Waals surface area contributed by atoms with Gasteiger partial charge in [-0.1, -0.05) is 12.1 Å². The molecule has 126 valence electrons. The summed E-state index contributed by atoms with van der Waals surface area (Å²) in [7, 11) is 0. The Bertz CT molecular complexity index is 796. The maximum absolute atomic E-state index is 10.6. The first-order valence-electron chi connectivity index (χ1n) is 8.13. The molecule has 0 unspecified atom stereocenters. The zero-order chi connectivity index (χ0) is 16.4. The second kappa shape index (κ2) is 6.98. The van der Waals surface area contributed by atoms with Crippen molar-refractivity contribution in [2.75, 3.05) is 32.8 Å². The normalized spacial score (nSPS) is 17.4. The number of para-hydroxylation sites is 2. The number of aliphatic hydroxyl groups is 1. The van der Waals surface area contributed by atoms with Gasteiger partial charge in [0.05, 0.1) is 42.4 Å². The molecule has 1 atom stereocenters. The molecule has 3 heterocycles. The molecule has 0 radical (unpaired) electrons. The van der Waals surface area contributed by atoms with Gasteiger partial charge in [0, 0.05) is 25.0 Å². The van der Waals surface area contributed by atoms with E-state index in [2.05, 4.69) is 14.5 Å². The van der Waals surface area contributed by atoms with Gasteiger partial charge in [0.2, 0.25) is 0 Å². The SMILES string of the molecule is O[C@H](CN1CCOCC1)Cn1c(-c2cscn2)nc2ccccc21. The monoisotopic (exact) mass is 344 g/mol. The molecule has 0 saturated carbocycles. The molecule has 0 amide bonds. The molecule has 1 aliphatic rings. The fraction of sp³-hybridized carbons (Fsp3) is 0.412. The van der Waals surface area contributed by atoms with Gasteiger partial charge in [-0.05, 0) is 12.1 Å². The predicted molar refractivity (Wildman–Crippen MR) is 94.1 cm³/mol. The number of aliphatic hydroxyl groups excluding tert-OH is 1. The van der Waals surface area contributed by atoms with E-state index in [-0.39, 0.29) is 0 Å². The van der Waals surface area contributed by atoms with E-state index in [1.54, 1.807) is 11.3 Å². The molecule has 3 aromatic rings. The van der Waals surface area contributed by atoms with E-state index in [4.69, 9.17) is 9.72 Å². The summed E-state index contributed by atoms with van der Waals surface area (Å²) in [4.78, 5) is 11.4. The Morgan fingerprint density at radius 3 is 2.83 bits per heavy atom. The van der Waals surface area contributed by atoms with Crippen LogP contribution < -0.4 is 0 Å². The Balaban J connectivity index is 1.61. The smallest absolute Gasteiger partial charge is 0.160 e. The summed E-state index contributed by atoms with van der Waals surface area (Å²) in [6.07, 6.45) is -0.460. The first kappa shape index (κ1) is 15.7. The highest BCUT2D eigenvalue weighted by Crippen LogP contribution is 2.25. The summed E-state index contributed by atoms with van der Waals surface area (Å²) in [6, 6.07) is 8.02. The highest BCUT2D eigenvalue weighted by molar-refractivity contribution is 7.07. The van der Waals surface area contributed by atoms with Crippen molar-refractivity contribution in [1.29, 1.82) is 0 Å². The van der Waals surface area contributed by atoms with Crippen molar-refractivity contribution >= 4 is 22.4 Å².